The molecule has 0 bridgehead atoms. The largest absolute Gasteiger partial charge is 0.338 e. The number of rotatable bonds is 2. The first kappa shape index (κ1) is 15.7. The van der Waals surface area contributed by atoms with Crippen LogP contribution in [0.2, 0.25) is 0 Å². The number of likely N-dealkylation sites (N-methyl/N-ethyl adjacent to an activating group) is 1. The first-order chi connectivity index (χ1) is 12.0. The fraction of sp³-hybridized carbons (Fsp3) is 0.389. The van der Waals surface area contributed by atoms with Crippen LogP contribution in [0.1, 0.15) is 0 Å². The maximum Gasteiger partial charge on any atom is 0.247 e. The molecule has 3 heterocycles. The summed E-state index contributed by atoms with van der Waals surface area (Å²) >= 11 is 0. The summed E-state index contributed by atoms with van der Waals surface area (Å²) in [7, 11) is 1.63. The highest BCUT2D eigenvalue weighted by molar-refractivity contribution is 5.95. The Hall–Kier alpha value is -2.83. The SMILES string of the molecule is CN1CC(=O)N2CCN(C(=O)Cn3ccc4ccccc43)CC2C1=O. The molecule has 3 amide bonds. The second-order valence-electron chi connectivity index (χ2n) is 6.64. The molecule has 1 aromatic carbocycles. The number of carbonyl (C=O) groups excluding carboxylic acids is 3. The van der Waals surface area contributed by atoms with Crippen molar-refractivity contribution in [2.75, 3.05) is 33.2 Å². The highest BCUT2D eigenvalue weighted by atomic mass is 16.2. The van der Waals surface area contributed by atoms with Crippen molar-refractivity contribution < 1.29 is 14.4 Å². The molecule has 7 nitrogen and oxygen atoms in total. The normalized spacial score (nSPS) is 21.0. The fourth-order valence-corrected chi connectivity index (χ4v) is 3.67. The highest BCUT2D eigenvalue weighted by Gasteiger charge is 2.42. The van der Waals surface area contributed by atoms with Crippen molar-refractivity contribution in [3.8, 4) is 0 Å². The van der Waals surface area contributed by atoms with Gasteiger partial charge in [-0.2, -0.15) is 0 Å². The van der Waals surface area contributed by atoms with Crippen LogP contribution in [0.5, 0.6) is 0 Å². The number of nitrogens with zero attached hydrogens (tertiary/aromatic N) is 4. The Morgan fingerprint density at radius 2 is 1.96 bits per heavy atom. The zero-order chi connectivity index (χ0) is 17.6. The number of hydrogen-bond donors (Lipinski definition) is 0. The van der Waals surface area contributed by atoms with Gasteiger partial charge in [0.1, 0.15) is 12.6 Å². The average Bonchev–Trinajstić information content (AvgIpc) is 3.02. The molecule has 1 unspecified atom stereocenters. The molecule has 2 fully saturated rings. The Morgan fingerprint density at radius 1 is 1.16 bits per heavy atom. The van der Waals surface area contributed by atoms with E-state index in [1.54, 1.807) is 16.8 Å². The number of piperazine rings is 2. The van der Waals surface area contributed by atoms with Crippen LogP contribution in [0.15, 0.2) is 36.5 Å². The molecule has 4 rings (SSSR count). The van der Waals surface area contributed by atoms with E-state index in [-0.39, 0.29) is 37.4 Å². The van der Waals surface area contributed by atoms with Crippen LogP contribution in [-0.2, 0) is 20.9 Å². The summed E-state index contributed by atoms with van der Waals surface area (Å²) in [4.78, 5) is 41.9. The van der Waals surface area contributed by atoms with Crippen molar-refractivity contribution in [1.29, 1.82) is 0 Å². The standard InChI is InChI=1S/C18H20N4O3/c1-19-11-17(24)22-9-8-21(10-15(22)18(19)25)16(23)12-20-7-6-13-4-2-3-5-14(13)20/h2-7,15H,8-12H2,1H3. The minimum atomic E-state index is -0.551. The third-order valence-corrected chi connectivity index (χ3v) is 5.07. The zero-order valence-corrected chi connectivity index (χ0v) is 14.1. The van der Waals surface area contributed by atoms with Gasteiger partial charge in [0.05, 0.1) is 13.1 Å². The molecule has 1 atom stereocenters. The topological polar surface area (TPSA) is 65.9 Å². The molecule has 2 aromatic rings. The number of aromatic nitrogens is 1. The van der Waals surface area contributed by atoms with Crippen LogP contribution in [0.3, 0.4) is 0 Å². The second kappa shape index (κ2) is 5.91. The van der Waals surface area contributed by atoms with Crippen LogP contribution >= 0.6 is 0 Å². The van der Waals surface area contributed by atoms with Gasteiger partial charge in [-0.15, -0.1) is 0 Å². The zero-order valence-electron chi connectivity index (χ0n) is 14.1. The van der Waals surface area contributed by atoms with E-state index in [1.807, 2.05) is 41.1 Å². The molecule has 2 aliphatic rings. The lowest BCUT2D eigenvalue weighted by Gasteiger charge is -2.45. The van der Waals surface area contributed by atoms with Gasteiger partial charge in [0.25, 0.3) is 0 Å². The lowest BCUT2D eigenvalue weighted by Crippen LogP contribution is -2.66. The van der Waals surface area contributed by atoms with Gasteiger partial charge in [-0.25, -0.2) is 0 Å². The summed E-state index contributed by atoms with van der Waals surface area (Å²) < 4.78 is 1.92. The average molecular weight is 340 g/mol. The molecule has 2 aliphatic heterocycles. The van der Waals surface area contributed by atoms with E-state index < -0.39 is 6.04 Å². The number of hydrogen-bond acceptors (Lipinski definition) is 3. The Balaban J connectivity index is 1.50. The Labute approximate surface area is 145 Å². The predicted molar refractivity (Wildman–Crippen MR) is 91.7 cm³/mol. The molecule has 130 valence electrons. The summed E-state index contributed by atoms with van der Waals surface area (Å²) in [5, 5.41) is 1.09. The fourth-order valence-electron chi connectivity index (χ4n) is 3.67. The maximum atomic E-state index is 12.7. The third-order valence-electron chi connectivity index (χ3n) is 5.07. The van der Waals surface area contributed by atoms with Crippen molar-refractivity contribution in [2.45, 2.75) is 12.6 Å². The summed E-state index contributed by atoms with van der Waals surface area (Å²) in [6.07, 6.45) is 1.90. The van der Waals surface area contributed by atoms with Gasteiger partial charge < -0.3 is 19.3 Å². The summed E-state index contributed by atoms with van der Waals surface area (Å²) in [6.45, 7) is 1.52. The molecule has 0 radical (unpaired) electrons. The van der Waals surface area contributed by atoms with Gasteiger partial charge in [0.2, 0.25) is 17.7 Å². The van der Waals surface area contributed by atoms with Crippen LogP contribution < -0.4 is 0 Å². The lowest BCUT2D eigenvalue weighted by molar-refractivity contribution is -0.160. The van der Waals surface area contributed by atoms with Crippen molar-refractivity contribution >= 4 is 28.6 Å². The van der Waals surface area contributed by atoms with Crippen LogP contribution in [0.25, 0.3) is 10.9 Å². The number of fused-ring (bicyclic) bond motifs is 2. The molecule has 1 aromatic heterocycles. The smallest absolute Gasteiger partial charge is 0.247 e. The van der Waals surface area contributed by atoms with Gasteiger partial charge in [-0.05, 0) is 17.5 Å². The minimum Gasteiger partial charge on any atom is -0.338 e. The maximum absolute atomic E-state index is 12.7. The lowest BCUT2D eigenvalue weighted by atomic mass is 10.1. The molecule has 0 N–H and O–H groups in total. The van der Waals surface area contributed by atoms with Crippen molar-refractivity contribution in [2.24, 2.45) is 0 Å². The van der Waals surface area contributed by atoms with Gasteiger partial charge >= 0.3 is 0 Å². The van der Waals surface area contributed by atoms with E-state index in [0.29, 0.717) is 13.1 Å². The summed E-state index contributed by atoms with van der Waals surface area (Å²) in [6, 6.07) is 9.35. The van der Waals surface area contributed by atoms with Crippen molar-refractivity contribution in [1.82, 2.24) is 19.3 Å². The quantitative estimate of drug-likeness (QED) is 0.782. The number of carbonyl (C=O) groups is 3. The molecule has 0 saturated carbocycles. The van der Waals surface area contributed by atoms with E-state index >= 15 is 0 Å². The minimum absolute atomic E-state index is 0.0329. The van der Waals surface area contributed by atoms with Crippen LogP contribution in [-0.4, -0.2) is 76.3 Å². The molecule has 2 saturated heterocycles. The van der Waals surface area contributed by atoms with Crippen LogP contribution in [0.4, 0.5) is 0 Å². The van der Waals surface area contributed by atoms with Crippen molar-refractivity contribution in [3.05, 3.63) is 36.5 Å². The monoisotopic (exact) mass is 340 g/mol. The van der Waals surface area contributed by atoms with Gasteiger partial charge in [-0.1, -0.05) is 18.2 Å². The molecular weight excluding hydrogens is 320 g/mol. The highest BCUT2D eigenvalue weighted by Crippen LogP contribution is 2.19. The Bertz CT molecular complexity index is 859. The third kappa shape index (κ3) is 2.65. The molecule has 7 heteroatoms. The Morgan fingerprint density at radius 3 is 2.80 bits per heavy atom. The first-order valence-corrected chi connectivity index (χ1v) is 8.40. The van der Waals surface area contributed by atoms with Crippen molar-refractivity contribution in [3.63, 3.8) is 0 Å². The van der Waals surface area contributed by atoms with Crippen LogP contribution in [0, 0.1) is 0 Å². The van der Waals surface area contributed by atoms with E-state index in [1.165, 1.54) is 4.90 Å². The summed E-state index contributed by atoms with van der Waals surface area (Å²) in [5.74, 6) is -0.173. The first-order valence-electron chi connectivity index (χ1n) is 8.40. The van der Waals surface area contributed by atoms with E-state index in [4.69, 9.17) is 0 Å². The Kier molecular flexibility index (Phi) is 3.71. The number of para-hydroxylation sites is 1. The predicted octanol–water partition coefficient (Wildman–Crippen LogP) is 0.153. The molecular formula is C18H20N4O3. The van der Waals surface area contributed by atoms with E-state index in [2.05, 4.69) is 0 Å². The van der Waals surface area contributed by atoms with E-state index in [0.717, 1.165) is 10.9 Å². The van der Waals surface area contributed by atoms with Gasteiger partial charge in [0.15, 0.2) is 0 Å². The summed E-state index contributed by atoms with van der Waals surface area (Å²) in [5.41, 5.74) is 1.01. The number of benzene rings is 1. The molecule has 0 aliphatic carbocycles. The van der Waals surface area contributed by atoms with Gasteiger partial charge in [-0.3, -0.25) is 14.4 Å². The molecule has 0 spiro atoms. The van der Waals surface area contributed by atoms with Gasteiger partial charge in [0, 0.05) is 31.9 Å². The second-order valence-corrected chi connectivity index (χ2v) is 6.64. The molecule has 25 heavy (non-hydrogen) atoms. The van der Waals surface area contributed by atoms with E-state index in [9.17, 15) is 14.4 Å². The number of amides is 3.